The molecule has 0 saturated carbocycles. The monoisotopic (exact) mass is 268 g/mol. The van der Waals surface area contributed by atoms with Crippen molar-refractivity contribution in [2.75, 3.05) is 0 Å². The van der Waals surface area contributed by atoms with E-state index in [-0.39, 0.29) is 0 Å². The Balaban J connectivity index is 1.85. The second-order valence-corrected chi connectivity index (χ2v) is 6.42. The van der Waals surface area contributed by atoms with Crippen molar-refractivity contribution in [1.82, 2.24) is 0 Å². The molecule has 3 rings (SSSR count). The molecule has 2 aromatic rings. The van der Waals surface area contributed by atoms with Gasteiger partial charge in [0.25, 0.3) is 0 Å². The second-order valence-electron chi connectivity index (χ2n) is 5.27. The third kappa shape index (κ3) is 2.87. The van der Waals surface area contributed by atoms with Crippen LogP contribution in [0.15, 0.2) is 58.3 Å². The summed E-state index contributed by atoms with van der Waals surface area (Å²) in [5.41, 5.74) is 3.19. The Hall–Kier alpha value is -1.21. The van der Waals surface area contributed by atoms with E-state index in [0.717, 1.165) is 5.92 Å². The van der Waals surface area contributed by atoms with Crippen molar-refractivity contribution in [2.45, 2.75) is 48.3 Å². The van der Waals surface area contributed by atoms with Gasteiger partial charge in [0.15, 0.2) is 0 Å². The average molecular weight is 268 g/mol. The zero-order chi connectivity index (χ0) is 13.1. The quantitative estimate of drug-likeness (QED) is 0.691. The first-order chi connectivity index (χ1) is 9.36. The first-order valence-electron chi connectivity index (χ1n) is 7.22. The Morgan fingerprint density at radius 1 is 1.05 bits per heavy atom. The van der Waals surface area contributed by atoms with Gasteiger partial charge >= 0.3 is 0 Å². The van der Waals surface area contributed by atoms with Gasteiger partial charge in [0.1, 0.15) is 0 Å². The molecule has 0 aliphatic heterocycles. The van der Waals surface area contributed by atoms with Crippen LogP contribution in [-0.4, -0.2) is 0 Å². The summed E-state index contributed by atoms with van der Waals surface area (Å²) < 4.78 is 0. The number of benzene rings is 2. The molecular formula is C18H20S. The van der Waals surface area contributed by atoms with Crippen molar-refractivity contribution < 1.29 is 0 Å². The molecule has 0 saturated heterocycles. The highest BCUT2D eigenvalue weighted by Gasteiger charge is 2.18. The van der Waals surface area contributed by atoms with E-state index < -0.39 is 0 Å². The van der Waals surface area contributed by atoms with Crippen molar-refractivity contribution in [3.8, 4) is 0 Å². The topological polar surface area (TPSA) is 0 Å². The summed E-state index contributed by atoms with van der Waals surface area (Å²) in [6.07, 6.45) is 5.26. The van der Waals surface area contributed by atoms with Gasteiger partial charge < -0.3 is 0 Å². The largest absolute Gasteiger partial charge is 0.0901 e. The lowest BCUT2D eigenvalue weighted by Gasteiger charge is -2.25. The van der Waals surface area contributed by atoms with E-state index in [1.165, 1.54) is 35.5 Å². The van der Waals surface area contributed by atoms with Crippen molar-refractivity contribution in [2.24, 2.45) is 0 Å². The summed E-state index contributed by atoms with van der Waals surface area (Å²) in [7, 11) is 0. The maximum absolute atomic E-state index is 2.41. The summed E-state index contributed by atoms with van der Waals surface area (Å²) in [6, 6.07) is 17.7. The minimum absolute atomic E-state index is 0.791. The summed E-state index contributed by atoms with van der Waals surface area (Å²) in [5.74, 6) is 0.791. The predicted molar refractivity (Wildman–Crippen MR) is 83.0 cm³/mol. The molecule has 0 nitrogen and oxygen atoms in total. The van der Waals surface area contributed by atoms with Gasteiger partial charge in [-0.2, -0.15) is 0 Å². The summed E-state index contributed by atoms with van der Waals surface area (Å²) in [6.45, 7) is 2.31. The fourth-order valence-corrected chi connectivity index (χ4v) is 3.91. The van der Waals surface area contributed by atoms with Crippen LogP contribution in [0, 0.1) is 0 Å². The average Bonchev–Trinajstić information content (AvgIpc) is 2.47. The molecule has 0 fully saturated rings. The third-order valence-electron chi connectivity index (χ3n) is 4.02. The normalized spacial score (nSPS) is 18.1. The van der Waals surface area contributed by atoms with Crippen LogP contribution in [0.3, 0.4) is 0 Å². The highest BCUT2D eigenvalue weighted by atomic mass is 32.2. The fourth-order valence-electron chi connectivity index (χ4n) is 3.00. The highest BCUT2D eigenvalue weighted by Crippen LogP contribution is 2.37. The molecule has 0 bridgehead atoms. The van der Waals surface area contributed by atoms with E-state index in [0.29, 0.717) is 0 Å². The van der Waals surface area contributed by atoms with Gasteiger partial charge in [0, 0.05) is 9.79 Å². The lowest BCUT2D eigenvalue weighted by Crippen LogP contribution is -2.08. The van der Waals surface area contributed by atoms with E-state index in [1.807, 2.05) is 11.8 Å². The summed E-state index contributed by atoms with van der Waals surface area (Å²) >= 11 is 1.87. The Morgan fingerprint density at radius 3 is 2.68 bits per heavy atom. The molecule has 2 aromatic carbocycles. The van der Waals surface area contributed by atoms with Crippen LogP contribution in [0.1, 0.15) is 43.2 Å². The molecule has 1 atom stereocenters. The maximum Gasteiger partial charge on any atom is 0.0125 e. The first kappa shape index (κ1) is 12.8. The van der Waals surface area contributed by atoms with Crippen LogP contribution in [0.5, 0.6) is 0 Å². The lowest BCUT2D eigenvalue weighted by atomic mass is 9.81. The number of rotatable bonds is 3. The van der Waals surface area contributed by atoms with E-state index in [1.54, 1.807) is 11.1 Å². The van der Waals surface area contributed by atoms with Crippen molar-refractivity contribution >= 4 is 11.8 Å². The van der Waals surface area contributed by atoms with E-state index in [4.69, 9.17) is 0 Å². The number of hydrogen-bond acceptors (Lipinski definition) is 1. The van der Waals surface area contributed by atoms with Crippen molar-refractivity contribution in [1.29, 1.82) is 0 Å². The first-order valence-corrected chi connectivity index (χ1v) is 8.04. The number of aryl methyl sites for hydroxylation is 1. The number of hydrogen-bond donors (Lipinski definition) is 0. The second kappa shape index (κ2) is 5.83. The Kier molecular flexibility index (Phi) is 3.93. The SMILES string of the molecule is CC[C@@H]1CCCc2cc(Sc3ccccc3)ccc21. The van der Waals surface area contributed by atoms with Crippen LogP contribution >= 0.6 is 11.8 Å². The summed E-state index contributed by atoms with van der Waals surface area (Å²) in [5, 5.41) is 0. The smallest absolute Gasteiger partial charge is 0.0125 e. The molecule has 0 heterocycles. The molecule has 0 aromatic heterocycles. The minimum Gasteiger partial charge on any atom is -0.0901 e. The third-order valence-corrected chi connectivity index (χ3v) is 5.02. The van der Waals surface area contributed by atoms with E-state index in [2.05, 4.69) is 55.5 Å². The van der Waals surface area contributed by atoms with Gasteiger partial charge in [-0.05, 0) is 67.0 Å². The molecule has 0 radical (unpaired) electrons. The van der Waals surface area contributed by atoms with Gasteiger partial charge in [-0.3, -0.25) is 0 Å². The van der Waals surface area contributed by atoms with Crippen molar-refractivity contribution in [3.05, 3.63) is 59.7 Å². The molecule has 0 unspecified atom stereocenters. The van der Waals surface area contributed by atoms with Gasteiger partial charge in [0.2, 0.25) is 0 Å². The Bertz CT molecular complexity index is 545. The van der Waals surface area contributed by atoms with E-state index in [9.17, 15) is 0 Å². The van der Waals surface area contributed by atoms with E-state index >= 15 is 0 Å². The van der Waals surface area contributed by atoms with Gasteiger partial charge in [0.05, 0.1) is 0 Å². The fraction of sp³-hybridized carbons (Fsp3) is 0.333. The zero-order valence-corrected chi connectivity index (χ0v) is 12.2. The van der Waals surface area contributed by atoms with Crippen LogP contribution in [0.25, 0.3) is 0 Å². The standard InChI is InChI=1S/C18H20S/c1-2-14-7-6-8-15-13-17(11-12-18(14)15)19-16-9-4-3-5-10-16/h3-5,9-14H,2,6-8H2,1H3/t14-/m1/s1. The Morgan fingerprint density at radius 2 is 1.89 bits per heavy atom. The number of fused-ring (bicyclic) bond motifs is 1. The molecular weight excluding hydrogens is 248 g/mol. The molecule has 0 amide bonds. The molecule has 1 aliphatic carbocycles. The molecule has 1 aliphatic rings. The van der Waals surface area contributed by atoms with Gasteiger partial charge in [-0.25, -0.2) is 0 Å². The molecule has 19 heavy (non-hydrogen) atoms. The lowest BCUT2D eigenvalue weighted by molar-refractivity contribution is 0.539. The summed E-state index contributed by atoms with van der Waals surface area (Å²) in [4.78, 5) is 2.70. The highest BCUT2D eigenvalue weighted by molar-refractivity contribution is 7.99. The van der Waals surface area contributed by atoms with Gasteiger partial charge in [-0.15, -0.1) is 0 Å². The van der Waals surface area contributed by atoms with Crippen molar-refractivity contribution in [3.63, 3.8) is 0 Å². The van der Waals surface area contributed by atoms with Crippen LogP contribution < -0.4 is 0 Å². The Labute approximate surface area is 120 Å². The maximum atomic E-state index is 2.41. The molecule has 0 N–H and O–H groups in total. The minimum atomic E-state index is 0.791. The zero-order valence-electron chi connectivity index (χ0n) is 11.4. The van der Waals surface area contributed by atoms with Crippen LogP contribution in [0.4, 0.5) is 0 Å². The molecule has 1 heteroatoms. The van der Waals surface area contributed by atoms with Crippen LogP contribution in [-0.2, 0) is 6.42 Å². The van der Waals surface area contributed by atoms with Gasteiger partial charge in [-0.1, -0.05) is 43.0 Å². The molecule has 0 spiro atoms. The molecule has 98 valence electrons. The predicted octanol–water partition coefficient (Wildman–Crippen LogP) is 5.67. The van der Waals surface area contributed by atoms with Crippen LogP contribution in [0.2, 0.25) is 0 Å².